The number of rotatable bonds is 3. The molecule has 1 atom stereocenters. The summed E-state index contributed by atoms with van der Waals surface area (Å²) in [5, 5.41) is 13.4. The normalized spacial score (nSPS) is 21.7. The number of aliphatic hydroxyl groups is 1. The molecule has 14 heavy (non-hydrogen) atoms. The van der Waals surface area contributed by atoms with Crippen LogP contribution in [0.4, 0.5) is 0 Å². The minimum absolute atomic E-state index is 0.0862. The molecule has 0 aliphatic carbocycles. The van der Waals surface area contributed by atoms with E-state index in [2.05, 4.69) is 5.10 Å². The topological polar surface area (TPSA) is 38.0 Å². The Labute approximate surface area is 88.5 Å². The van der Waals surface area contributed by atoms with Crippen LogP contribution in [0.1, 0.15) is 17.8 Å². The highest BCUT2D eigenvalue weighted by Gasteiger charge is 2.17. The summed E-state index contributed by atoms with van der Waals surface area (Å²) in [5.74, 6) is 3.36. The molecule has 0 spiro atoms. The van der Waals surface area contributed by atoms with Crippen molar-refractivity contribution in [2.45, 2.75) is 19.4 Å². The third-order valence-electron chi connectivity index (χ3n) is 2.71. The summed E-state index contributed by atoms with van der Waals surface area (Å²) in [6.07, 6.45) is 2.39. The second-order valence-electron chi connectivity index (χ2n) is 3.84. The van der Waals surface area contributed by atoms with E-state index in [-0.39, 0.29) is 6.61 Å². The van der Waals surface area contributed by atoms with E-state index in [9.17, 15) is 0 Å². The van der Waals surface area contributed by atoms with Gasteiger partial charge in [0.1, 0.15) is 0 Å². The molecule has 1 aromatic rings. The number of aryl methyl sites for hydroxylation is 1. The maximum atomic E-state index is 9.03. The molecule has 1 unspecified atom stereocenters. The smallest absolute Gasteiger partial charge is 0.0849 e. The van der Waals surface area contributed by atoms with Gasteiger partial charge in [0.2, 0.25) is 0 Å². The summed E-state index contributed by atoms with van der Waals surface area (Å²) in [7, 11) is 1.89. The van der Waals surface area contributed by atoms with Gasteiger partial charge in [-0.15, -0.1) is 0 Å². The minimum Gasteiger partial charge on any atom is -0.390 e. The highest BCUT2D eigenvalue weighted by Crippen LogP contribution is 2.26. The van der Waals surface area contributed by atoms with E-state index in [1.807, 2.05) is 24.9 Å². The Hall–Kier alpha value is -0.480. The summed E-state index contributed by atoms with van der Waals surface area (Å²) < 4.78 is 1.78. The largest absolute Gasteiger partial charge is 0.390 e. The van der Waals surface area contributed by atoms with Crippen molar-refractivity contribution >= 4 is 11.8 Å². The van der Waals surface area contributed by atoms with Gasteiger partial charge >= 0.3 is 0 Å². The molecule has 78 valence electrons. The molecule has 2 rings (SSSR count). The van der Waals surface area contributed by atoms with Crippen molar-refractivity contribution in [2.75, 3.05) is 11.5 Å². The SMILES string of the molecule is Cn1nc(CC2CCSC2)cc1CO. The van der Waals surface area contributed by atoms with E-state index >= 15 is 0 Å². The van der Waals surface area contributed by atoms with Crippen LogP contribution in [0.3, 0.4) is 0 Å². The first-order valence-electron chi connectivity index (χ1n) is 5.00. The van der Waals surface area contributed by atoms with Crippen molar-refractivity contribution in [1.82, 2.24) is 9.78 Å². The maximum Gasteiger partial charge on any atom is 0.0849 e. The zero-order valence-corrected chi connectivity index (χ0v) is 9.26. The van der Waals surface area contributed by atoms with Crippen molar-refractivity contribution in [3.8, 4) is 0 Å². The molecule has 1 aliphatic heterocycles. The molecule has 0 aromatic carbocycles. The Morgan fingerprint density at radius 1 is 1.71 bits per heavy atom. The van der Waals surface area contributed by atoms with Crippen LogP contribution in [0.15, 0.2) is 6.07 Å². The molecular weight excluding hydrogens is 196 g/mol. The summed E-state index contributed by atoms with van der Waals surface area (Å²) in [6.45, 7) is 0.0862. The molecule has 1 N–H and O–H groups in total. The molecule has 1 aromatic heterocycles. The van der Waals surface area contributed by atoms with Crippen LogP contribution in [0.5, 0.6) is 0 Å². The number of nitrogens with zero attached hydrogens (tertiary/aromatic N) is 2. The first-order chi connectivity index (χ1) is 6.79. The third kappa shape index (κ3) is 2.12. The van der Waals surface area contributed by atoms with Crippen LogP contribution >= 0.6 is 11.8 Å². The monoisotopic (exact) mass is 212 g/mol. The van der Waals surface area contributed by atoms with Gasteiger partial charge in [-0.05, 0) is 36.3 Å². The lowest BCUT2D eigenvalue weighted by atomic mass is 10.0. The van der Waals surface area contributed by atoms with Crippen LogP contribution in [0, 0.1) is 5.92 Å². The van der Waals surface area contributed by atoms with Gasteiger partial charge in [0.15, 0.2) is 0 Å². The zero-order chi connectivity index (χ0) is 9.97. The predicted molar refractivity (Wildman–Crippen MR) is 58.3 cm³/mol. The second kappa shape index (κ2) is 4.36. The van der Waals surface area contributed by atoms with Crippen molar-refractivity contribution in [3.05, 3.63) is 17.5 Å². The van der Waals surface area contributed by atoms with Crippen LogP contribution in [0.25, 0.3) is 0 Å². The molecule has 2 heterocycles. The average molecular weight is 212 g/mol. The molecule has 3 nitrogen and oxygen atoms in total. The summed E-state index contributed by atoms with van der Waals surface area (Å²) in [6, 6.07) is 2.02. The molecule has 1 aliphatic rings. The van der Waals surface area contributed by atoms with Gasteiger partial charge < -0.3 is 5.11 Å². The van der Waals surface area contributed by atoms with E-state index in [0.29, 0.717) is 0 Å². The van der Waals surface area contributed by atoms with Crippen LogP contribution in [-0.4, -0.2) is 26.4 Å². The lowest BCUT2D eigenvalue weighted by Crippen LogP contribution is -2.03. The van der Waals surface area contributed by atoms with Crippen molar-refractivity contribution < 1.29 is 5.11 Å². The van der Waals surface area contributed by atoms with Crippen molar-refractivity contribution in [1.29, 1.82) is 0 Å². The average Bonchev–Trinajstić information content (AvgIpc) is 2.76. The third-order valence-corrected chi connectivity index (χ3v) is 3.94. The molecule has 4 heteroatoms. The molecule has 0 amide bonds. The Bertz CT molecular complexity index is 305. The molecule has 1 saturated heterocycles. The summed E-state index contributed by atoms with van der Waals surface area (Å²) >= 11 is 2.03. The summed E-state index contributed by atoms with van der Waals surface area (Å²) in [5.41, 5.74) is 2.04. The number of thioether (sulfide) groups is 1. The van der Waals surface area contributed by atoms with Gasteiger partial charge in [0, 0.05) is 7.05 Å². The van der Waals surface area contributed by atoms with Gasteiger partial charge in [-0.25, -0.2) is 0 Å². The number of hydrogen-bond acceptors (Lipinski definition) is 3. The number of aliphatic hydroxyl groups excluding tert-OH is 1. The number of hydrogen-bond donors (Lipinski definition) is 1. The minimum atomic E-state index is 0.0862. The highest BCUT2D eigenvalue weighted by molar-refractivity contribution is 7.99. The molecule has 0 saturated carbocycles. The van der Waals surface area contributed by atoms with E-state index in [0.717, 1.165) is 23.7 Å². The van der Waals surface area contributed by atoms with Gasteiger partial charge in [-0.3, -0.25) is 4.68 Å². The van der Waals surface area contributed by atoms with Gasteiger partial charge in [-0.1, -0.05) is 0 Å². The standard InChI is InChI=1S/C10H16N2OS/c1-12-10(6-13)5-9(11-12)4-8-2-3-14-7-8/h5,8,13H,2-4,6-7H2,1H3. The van der Waals surface area contributed by atoms with Crippen LogP contribution in [0.2, 0.25) is 0 Å². The van der Waals surface area contributed by atoms with E-state index in [1.165, 1.54) is 17.9 Å². The zero-order valence-electron chi connectivity index (χ0n) is 8.44. The lowest BCUT2D eigenvalue weighted by molar-refractivity contribution is 0.270. The van der Waals surface area contributed by atoms with E-state index in [4.69, 9.17) is 5.11 Å². The second-order valence-corrected chi connectivity index (χ2v) is 4.99. The van der Waals surface area contributed by atoms with Crippen LogP contribution < -0.4 is 0 Å². The quantitative estimate of drug-likeness (QED) is 0.818. The Kier molecular flexibility index (Phi) is 3.13. The fourth-order valence-corrected chi connectivity index (χ4v) is 3.14. The van der Waals surface area contributed by atoms with Crippen LogP contribution in [-0.2, 0) is 20.1 Å². The molecular formula is C10H16N2OS. The molecule has 1 fully saturated rings. The highest BCUT2D eigenvalue weighted by atomic mass is 32.2. The first kappa shape index (κ1) is 10.1. The van der Waals surface area contributed by atoms with Gasteiger partial charge in [0.05, 0.1) is 18.0 Å². The van der Waals surface area contributed by atoms with Gasteiger partial charge in [-0.2, -0.15) is 16.9 Å². The molecule has 0 bridgehead atoms. The Morgan fingerprint density at radius 2 is 2.57 bits per heavy atom. The summed E-state index contributed by atoms with van der Waals surface area (Å²) in [4.78, 5) is 0. The van der Waals surface area contributed by atoms with Crippen molar-refractivity contribution in [2.24, 2.45) is 13.0 Å². The Balaban J connectivity index is 2.01. The predicted octanol–water partition coefficient (Wildman–Crippen LogP) is 1.21. The molecule has 0 radical (unpaired) electrons. The fourth-order valence-electron chi connectivity index (χ4n) is 1.86. The van der Waals surface area contributed by atoms with Crippen molar-refractivity contribution in [3.63, 3.8) is 0 Å². The van der Waals surface area contributed by atoms with E-state index < -0.39 is 0 Å². The Morgan fingerprint density at radius 3 is 3.14 bits per heavy atom. The maximum absolute atomic E-state index is 9.03. The lowest BCUT2D eigenvalue weighted by Gasteiger charge is -2.03. The van der Waals surface area contributed by atoms with Gasteiger partial charge in [0.25, 0.3) is 0 Å². The number of aromatic nitrogens is 2. The van der Waals surface area contributed by atoms with E-state index in [1.54, 1.807) is 4.68 Å². The first-order valence-corrected chi connectivity index (χ1v) is 6.15. The fraction of sp³-hybridized carbons (Fsp3) is 0.700.